The maximum absolute atomic E-state index is 13.9. The molecule has 3 aromatic rings. The van der Waals surface area contributed by atoms with Crippen LogP contribution in [0.4, 0.5) is 19.1 Å². The van der Waals surface area contributed by atoms with E-state index in [1.807, 2.05) is 19.1 Å². The Balaban J connectivity index is 1.51. The molecule has 11 heteroatoms. The van der Waals surface area contributed by atoms with Crippen LogP contribution in [0.1, 0.15) is 53.9 Å². The average Bonchev–Trinajstić information content (AvgIpc) is 3.73. The van der Waals surface area contributed by atoms with Crippen molar-refractivity contribution in [3.63, 3.8) is 0 Å². The summed E-state index contributed by atoms with van der Waals surface area (Å²) in [6.07, 6.45) is -0.429. The predicted molar refractivity (Wildman–Crippen MR) is 149 cm³/mol. The molecule has 1 amide bonds. The number of nitrogens with one attached hydrogen (secondary N) is 1. The van der Waals surface area contributed by atoms with Crippen LogP contribution >= 0.6 is 15.9 Å². The van der Waals surface area contributed by atoms with Gasteiger partial charge in [-0.25, -0.2) is 9.55 Å². The number of halogens is 4. The summed E-state index contributed by atoms with van der Waals surface area (Å²) in [7, 11) is 0. The lowest BCUT2D eigenvalue weighted by Gasteiger charge is -2.35. The highest BCUT2D eigenvalue weighted by atomic mass is 79.9. The number of fused-ring (bicyclic) bond motifs is 1. The standard InChI is InChI=1S/C29H28BrF3N4O3/c1-4-16(2)34-28-35-25-15-36(26(38)18-5-12-24(30)23(14-18)29(31,32)33)17(3)13-22(25)27(39)37(28)19-6-8-20(9-7-19)40-21-10-11-21/h4-9,12,14,16-17,21H,1,10-11,13,15H2,2-3H3,(H,34,35)/t16-,17-/m1/s1. The van der Waals surface area contributed by atoms with Crippen molar-refractivity contribution in [3.8, 4) is 11.4 Å². The quantitative estimate of drug-likeness (QED) is 0.323. The Morgan fingerprint density at radius 1 is 1.23 bits per heavy atom. The van der Waals surface area contributed by atoms with Crippen molar-refractivity contribution in [1.82, 2.24) is 14.5 Å². The molecule has 1 aromatic heterocycles. The number of anilines is 1. The second-order valence-corrected chi connectivity index (χ2v) is 11.0. The molecule has 0 radical (unpaired) electrons. The van der Waals surface area contributed by atoms with Crippen LogP contribution in [-0.4, -0.2) is 38.5 Å². The second-order valence-electron chi connectivity index (χ2n) is 10.2. The van der Waals surface area contributed by atoms with Gasteiger partial charge in [-0.1, -0.05) is 22.0 Å². The van der Waals surface area contributed by atoms with Gasteiger partial charge in [0.15, 0.2) is 0 Å². The summed E-state index contributed by atoms with van der Waals surface area (Å²) < 4.78 is 47.6. The van der Waals surface area contributed by atoms with Gasteiger partial charge in [0.05, 0.1) is 29.6 Å². The smallest absolute Gasteiger partial charge is 0.417 e. The molecular formula is C29H28BrF3N4O3. The molecule has 2 aliphatic rings. The summed E-state index contributed by atoms with van der Waals surface area (Å²) in [5, 5.41) is 3.19. The molecule has 0 unspecified atom stereocenters. The maximum atomic E-state index is 13.9. The van der Waals surface area contributed by atoms with E-state index in [1.165, 1.54) is 21.6 Å². The molecular weight excluding hydrogens is 589 g/mol. The molecule has 210 valence electrons. The number of ether oxygens (including phenoxy) is 1. The first kappa shape index (κ1) is 27.9. The van der Waals surface area contributed by atoms with Crippen molar-refractivity contribution < 1.29 is 22.7 Å². The largest absolute Gasteiger partial charge is 0.490 e. The van der Waals surface area contributed by atoms with Crippen LogP contribution in [0.2, 0.25) is 0 Å². The minimum Gasteiger partial charge on any atom is -0.490 e. The number of hydrogen-bond acceptors (Lipinski definition) is 5. The minimum atomic E-state index is -4.62. The first-order chi connectivity index (χ1) is 19.0. The summed E-state index contributed by atoms with van der Waals surface area (Å²) in [6, 6.07) is 9.97. The normalized spacial score (nSPS) is 17.6. The van der Waals surface area contributed by atoms with E-state index >= 15 is 0 Å². The molecule has 0 bridgehead atoms. The van der Waals surface area contributed by atoms with E-state index in [2.05, 4.69) is 27.8 Å². The average molecular weight is 617 g/mol. The molecule has 2 heterocycles. The van der Waals surface area contributed by atoms with E-state index in [1.54, 1.807) is 25.1 Å². The lowest BCUT2D eigenvalue weighted by molar-refractivity contribution is -0.138. The number of carbonyl (C=O) groups excluding carboxylic acids is 1. The monoisotopic (exact) mass is 616 g/mol. The van der Waals surface area contributed by atoms with Gasteiger partial charge in [0.1, 0.15) is 5.75 Å². The topological polar surface area (TPSA) is 76.5 Å². The third kappa shape index (κ3) is 5.65. The molecule has 0 spiro atoms. The summed E-state index contributed by atoms with van der Waals surface area (Å²) in [5.41, 5.74) is 0.158. The van der Waals surface area contributed by atoms with Crippen molar-refractivity contribution in [3.05, 3.63) is 92.3 Å². The highest BCUT2D eigenvalue weighted by Gasteiger charge is 2.36. The van der Waals surface area contributed by atoms with E-state index < -0.39 is 23.7 Å². The molecule has 40 heavy (non-hydrogen) atoms. The van der Waals surface area contributed by atoms with Crippen molar-refractivity contribution in [1.29, 1.82) is 0 Å². The molecule has 0 saturated heterocycles. The third-order valence-corrected chi connectivity index (χ3v) is 7.72. The second kappa shape index (κ2) is 10.8. The first-order valence-corrected chi connectivity index (χ1v) is 13.7. The Bertz CT molecular complexity index is 1520. The Kier molecular flexibility index (Phi) is 7.52. The molecule has 1 aliphatic heterocycles. The maximum Gasteiger partial charge on any atom is 0.417 e. The number of nitrogens with zero attached hydrogens (tertiary/aromatic N) is 3. The van der Waals surface area contributed by atoms with Crippen LogP contribution in [0.25, 0.3) is 5.69 Å². The van der Waals surface area contributed by atoms with Gasteiger partial charge in [-0.15, -0.1) is 6.58 Å². The summed E-state index contributed by atoms with van der Waals surface area (Å²) in [6.45, 7) is 7.40. The number of aromatic nitrogens is 2. The highest BCUT2D eigenvalue weighted by Crippen LogP contribution is 2.36. The minimum absolute atomic E-state index is 0.0197. The van der Waals surface area contributed by atoms with Crippen LogP contribution < -0.4 is 15.6 Å². The van der Waals surface area contributed by atoms with Gasteiger partial charge in [-0.05, 0) is 75.6 Å². The van der Waals surface area contributed by atoms with Gasteiger partial charge in [-0.3, -0.25) is 9.59 Å². The van der Waals surface area contributed by atoms with Gasteiger partial charge < -0.3 is 15.0 Å². The van der Waals surface area contributed by atoms with Crippen molar-refractivity contribution in [2.24, 2.45) is 0 Å². The molecule has 7 nitrogen and oxygen atoms in total. The Morgan fingerprint density at radius 2 is 1.93 bits per heavy atom. The van der Waals surface area contributed by atoms with E-state index in [0.717, 1.165) is 24.7 Å². The number of hydrogen-bond donors (Lipinski definition) is 1. The Hall–Kier alpha value is -3.60. The number of carbonyl (C=O) groups is 1. The van der Waals surface area contributed by atoms with Crippen LogP contribution in [0.3, 0.4) is 0 Å². The molecule has 2 aromatic carbocycles. The molecule has 1 saturated carbocycles. The van der Waals surface area contributed by atoms with Crippen LogP contribution in [0.15, 0.2) is 64.4 Å². The number of alkyl halides is 3. The zero-order valence-corrected chi connectivity index (χ0v) is 23.6. The fraction of sp³-hybridized carbons (Fsp3) is 0.345. The zero-order chi connectivity index (χ0) is 28.8. The van der Waals surface area contributed by atoms with E-state index in [-0.39, 0.29) is 46.7 Å². The zero-order valence-electron chi connectivity index (χ0n) is 22.0. The van der Waals surface area contributed by atoms with Crippen LogP contribution in [-0.2, 0) is 19.1 Å². The molecule has 1 N–H and O–H groups in total. The lowest BCUT2D eigenvalue weighted by Crippen LogP contribution is -2.46. The van der Waals surface area contributed by atoms with Crippen LogP contribution in [0, 0.1) is 0 Å². The van der Waals surface area contributed by atoms with Gasteiger partial charge in [-0.2, -0.15) is 13.2 Å². The van der Waals surface area contributed by atoms with Gasteiger partial charge >= 0.3 is 6.18 Å². The summed E-state index contributed by atoms with van der Waals surface area (Å²) >= 11 is 2.92. The van der Waals surface area contributed by atoms with Gasteiger partial charge in [0, 0.05) is 27.7 Å². The predicted octanol–water partition coefficient (Wildman–Crippen LogP) is 6.13. The molecule has 1 fully saturated rings. The number of rotatable bonds is 7. The number of benzene rings is 2. The fourth-order valence-corrected chi connectivity index (χ4v) is 5.09. The fourth-order valence-electron chi connectivity index (χ4n) is 4.62. The van der Waals surface area contributed by atoms with Gasteiger partial charge in [0.2, 0.25) is 5.95 Å². The molecule has 5 rings (SSSR count). The number of amides is 1. The van der Waals surface area contributed by atoms with E-state index in [4.69, 9.17) is 9.72 Å². The SMILES string of the molecule is C=C[C@@H](C)Nc1nc2c(c(=O)n1-c1ccc(OC3CC3)cc1)C[C@@H](C)N(C(=O)c1ccc(Br)c(C(F)(F)F)c1)C2. The van der Waals surface area contributed by atoms with Crippen molar-refractivity contribution in [2.45, 2.75) is 64.0 Å². The lowest BCUT2D eigenvalue weighted by atomic mass is 9.98. The third-order valence-electron chi connectivity index (χ3n) is 7.03. The Labute approximate surface area is 237 Å². The van der Waals surface area contributed by atoms with Crippen molar-refractivity contribution >= 4 is 27.8 Å². The highest BCUT2D eigenvalue weighted by molar-refractivity contribution is 9.10. The molecule has 1 aliphatic carbocycles. The first-order valence-electron chi connectivity index (χ1n) is 12.9. The Morgan fingerprint density at radius 3 is 2.55 bits per heavy atom. The van der Waals surface area contributed by atoms with E-state index in [9.17, 15) is 22.8 Å². The summed E-state index contributed by atoms with van der Waals surface area (Å²) in [5.74, 6) is 0.433. The summed E-state index contributed by atoms with van der Waals surface area (Å²) in [4.78, 5) is 33.4. The molecule has 2 atom stereocenters. The van der Waals surface area contributed by atoms with Crippen LogP contribution in [0.5, 0.6) is 5.75 Å². The van der Waals surface area contributed by atoms with Gasteiger partial charge in [0.25, 0.3) is 11.5 Å². The van der Waals surface area contributed by atoms with Crippen molar-refractivity contribution in [2.75, 3.05) is 5.32 Å². The van der Waals surface area contributed by atoms with E-state index in [0.29, 0.717) is 16.9 Å².